The van der Waals surface area contributed by atoms with Crippen molar-refractivity contribution in [1.29, 1.82) is 0 Å². The maximum absolute atomic E-state index is 7.26. The zero-order valence-corrected chi connectivity index (χ0v) is 41.6. The van der Waals surface area contributed by atoms with Gasteiger partial charge in [-0.05, 0) is 133 Å². The SMILES string of the molecule is CC(C)(C)c1cc2c3c(c1)N1c4ccc(-c5ccccc5)cc4-c4ccccc4Oc4ccccc4-c4cc(-c5ccccc5)cc(c41)B3c1cc(-c3ccccc3)ccc1N2c1ccc(-c2ccccc2)cc1. The summed E-state index contributed by atoms with van der Waals surface area (Å²) in [4.78, 5) is 5.19. The fraction of sp³-hybridized carbons (Fsp3) is 0.0571. The summed E-state index contributed by atoms with van der Waals surface area (Å²) >= 11 is 0. The molecule has 11 aromatic rings. The van der Waals surface area contributed by atoms with Crippen molar-refractivity contribution < 1.29 is 4.74 Å². The zero-order chi connectivity index (χ0) is 49.5. The standard InChI is InChI=1S/C70H51BN2O/c1-70(2,3)54-44-64-68-65(45-54)73-62-38-34-51(47-22-10-5-11-23-47)40-58(62)56-28-16-18-30-66(56)74-67-31-19-17-29-57(67)59-41-53(49-26-14-7-15-27-49)43-61(69(59)73)71(68)60-42-52(48-24-12-6-13-25-48)35-39-63(60)72(64)55-36-32-50(33-37-55)46-20-8-4-9-21-46/h4-45H,1-3H3. The van der Waals surface area contributed by atoms with Gasteiger partial charge in [-0.15, -0.1) is 0 Å². The van der Waals surface area contributed by atoms with Crippen LogP contribution in [0.5, 0.6) is 11.5 Å². The quantitative estimate of drug-likeness (QED) is 0.160. The lowest BCUT2D eigenvalue weighted by atomic mass is 9.33. The molecular weight excluding hydrogens is 896 g/mol. The van der Waals surface area contributed by atoms with Crippen molar-refractivity contribution in [3.8, 4) is 78.3 Å². The number of benzene rings is 11. The number of nitrogens with zero attached hydrogens (tertiary/aromatic N) is 2. The van der Waals surface area contributed by atoms with E-state index in [1.165, 1.54) is 61.3 Å². The Balaban J connectivity index is 1.15. The molecule has 0 spiro atoms. The van der Waals surface area contributed by atoms with Gasteiger partial charge in [0.1, 0.15) is 11.5 Å². The molecule has 350 valence electrons. The average Bonchev–Trinajstić information content (AvgIpc) is 3.58. The van der Waals surface area contributed by atoms with Gasteiger partial charge in [-0.2, -0.15) is 0 Å². The molecule has 14 rings (SSSR count). The third kappa shape index (κ3) is 7.20. The molecule has 3 aliphatic heterocycles. The van der Waals surface area contributed by atoms with E-state index in [-0.39, 0.29) is 12.1 Å². The summed E-state index contributed by atoms with van der Waals surface area (Å²) in [6.07, 6.45) is 0. The molecule has 0 fully saturated rings. The largest absolute Gasteiger partial charge is 0.456 e. The van der Waals surface area contributed by atoms with E-state index in [2.05, 4.69) is 285 Å². The molecular formula is C70H51BN2O. The Bertz CT molecular complexity index is 3960. The van der Waals surface area contributed by atoms with Gasteiger partial charge in [-0.1, -0.05) is 215 Å². The highest BCUT2D eigenvalue weighted by Crippen LogP contribution is 2.54. The lowest BCUT2D eigenvalue weighted by molar-refractivity contribution is 0.486. The minimum atomic E-state index is -0.203. The van der Waals surface area contributed by atoms with Crippen molar-refractivity contribution in [1.82, 2.24) is 0 Å². The van der Waals surface area contributed by atoms with Gasteiger partial charge in [0.15, 0.2) is 0 Å². The maximum Gasteiger partial charge on any atom is 0.252 e. The first-order chi connectivity index (χ1) is 36.3. The highest BCUT2D eigenvalue weighted by Gasteiger charge is 2.46. The van der Waals surface area contributed by atoms with Crippen LogP contribution in [-0.4, -0.2) is 6.71 Å². The Morgan fingerprint density at radius 1 is 0.324 bits per heavy atom. The van der Waals surface area contributed by atoms with Gasteiger partial charge in [0.05, 0.1) is 5.69 Å². The summed E-state index contributed by atoms with van der Waals surface area (Å²) in [5.41, 5.74) is 25.4. The number of hydrogen-bond acceptors (Lipinski definition) is 3. The van der Waals surface area contributed by atoms with E-state index in [1.807, 2.05) is 0 Å². The van der Waals surface area contributed by atoms with Gasteiger partial charge < -0.3 is 14.5 Å². The van der Waals surface area contributed by atoms with Gasteiger partial charge in [0.2, 0.25) is 0 Å². The molecule has 0 bridgehead atoms. The van der Waals surface area contributed by atoms with Crippen LogP contribution in [-0.2, 0) is 5.41 Å². The summed E-state index contributed by atoms with van der Waals surface area (Å²) in [5, 5.41) is 0. The van der Waals surface area contributed by atoms with Crippen molar-refractivity contribution in [3.05, 3.63) is 260 Å². The second-order valence-electron chi connectivity index (χ2n) is 20.9. The molecule has 0 N–H and O–H groups in total. The van der Waals surface area contributed by atoms with E-state index in [9.17, 15) is 0 Å². The molecule has 3 heterocycles. The molecule has 0 saturated heterocycles. The summed E-state index contributed by atoms with van der Waals surface area (Å²) in [7, 11) is 0. The molecule has 0 saturated carbocycles. The molecule has 74 heavy (non-hydrogen) atoms. The molecule has 3 aliphatic rings. The third-order valence-electron chi connectivity index (χ3n) is 15.4. The van der Waals surface area contributed by atoms with Crippen LogP contribution in [0.15, 0.2) is 255 Å². The highest BCUT2D eigenvalue weighted by molar-refractivity contribution is 7.00. The lowest BCUT2D eigenvalue weighted by Gasteiger charge is -2.46. The van der Waals surface area contributed by atoms with Crippen LogP contribution < -0.4 is 30.9 Å². The fourth-order valence-electron chi connectivity index (χ4n) is 11.8. The van der Waals surface area contributed by atoms with Gasteiger partial charge in [0, 0.05) is 50.7 Å². The zero-order valence-electron chi connectivity index (χ0n) is 41.6. The van der Waals surface area contributed by atoms with E-state index in [0.29, 0.717) is 0 Å². The monoisotopic (exact) mass is 946 g/mol. The normalized spacial score (nSPS) is 12.8. The first-order valence-corrected chi connectivity index (χ1v) is 25.8. The first-order valence-electron chi connectivity index (χ1n) is 25.8. The van der Waals surface area contributed by atoms with Gasteiger partial charge in [-0.3, -0.25) is 0 Å². The number of fused-ring (bicyclic) bond motifs is 10. The van der Waals surface area contributed by atoms with E-state index >= 15 is 0 Å². The Morgan fingerprint density at radius 3 is 1.34 bits per heavy atom. The molecule has 0 aromatic heterocycles. The van der Waals surface area contributed by atoms with Crippen molar-refractivity contribution in [2.24, 2.45) is 0 Å². The first kappa shape index (κ1) is 43.7. The number of anilines is 6. The van der Waals surface area contributed by atoms with Crippen LogP contribution in [0.2, 0.25) is 0 Å². The second kappa shape index (κ2) is 17.3. The van der Waals surface area contributed by atoms with E-state index in [0.717, 1.165) is 73.1 Å². The van der Waals surface area contributed by atoms with Gasteiger partial charge >= 0.3 is 0 Å². The van der Waals surface area contributed by atoms with Crippen LogP contribution in [0, 0.1) is 0 Å². The molecule has 0 radical (unpaired) electrons. The van der Waals surface area contributed by atoms with Crippen LogP contribution in [0.25, 0.3) is 66.8 Å². The number of para-hydroxylation sites is 2. The van der Waals surface area contributed by atoms with Crippen molar-refractivity contribution >= 4 is 57.2 Å². The lowest BCUT2D eigenvalue weighted by Crippen LogP contribution is -2.61. The summed E-state index contributed by atoms with van der Waals surface area (Å²) in [6, 6.07) is 93.8. The molecule has 11 aromatic carbocycles. The van der Waals surface area contributed by atoms with Crippen molar-refractivity contribution in [2.75, 3.05) is 9.80 Å². The smallest absolute Gasteiger partial charge is 0.252 e. The highest BCUT2D eigenvalue weighted by atomic mass is 16.5. The Kier molecular flexibility index (Phi) is 10.2. The van der Waals surface area contributed by atoms with E-state index in [4.69, 9.17) is 4.74 Å². The maximum atomic E-state index is 7.26. The molecule has 4 heteroatoms. The molecule has 0 atom stereocenters. The van der Waals surface area contributed by atoms with Crippen LogP contribution in [0.1, 0.15) is 26.3 Å². The molecule has 0 amide bonds. The third-order valence-corrected chi connectivity index (χ3v) is 15.4. The minimum absolute atomic E-state index is 0.156. The van der Waals surface area contributed by atoms with Crippen molar-refractivity contribution in [2.45, 2.75) is 26.2 Å². The van der Waals surface area contributed by atoms with Crippen molar-refractivity contribution in [3.63, 3.8) is 0 Å². The van der Waals surface area contributed by atoms with E-state index < -0.39 is 0 Å². The van der Waals surface area contributed by atoms with Gasteiger partial charge in [0.25, 0.3) is 6.71 Å². The molecule has 0 unspecified atom stereocenters. The molecule has 0 aliphatic carbocycles. The Labute approximate surface area is 434 Å². The topological polar surface area (TPSA) is 15.7 Å². The van der Waals surface area contributed by atoms with Gasteiger partial charge in [-0.25, -0.2) is 0 Å². The van der Waals surface area contributed by atoms with Crippen LogP contribution in [0.3, 0.4) is 0 Å². The minimum Gasteiger partial charge on any atom is -0.456 e. The van der Waals surface area contributed by atoms with Crippen LogP contribution in [0.4, 0.5) is 34.1 Å². The Morgan fingerprint density at radius 2 is 0.757 bits per heavy atom. The average molecular weight is 947 g/mol. The predicted molar refractivity (Wildman–Crippen MR) is 312 cm³/mol. The number of ether oxygens (including phenoxy) is 1. The number of hydrogen-bond donors (Lipinski definition) is 0. The van der Waals surface area contributed by atoms with E-state index in [1.54, 1.807) is 0 Å². The summed E-state index contributed by atoms with van der Waals surface area (Å²) in [6.45, 7) is 6.89. The fourth-order valence-corrected chi connectivity index (χ4v) is 11.8. The molecule has 3 nitrogen and oxygen atoms in total. The predicted octanol–water partition coefficient (Wildman–Crippen LogP) is 17.2. The van der Waals surface area contributed by atoms with Crippen LogP contribution >= 0.6 is 0 Å². The second-order valence-corrected chi connectivity index (χ2v) is 20.9. The summed E-state index contributed by atoms with van der Waals surface area (Å²) in [5.74, 6) is 1.62. The summed E-state index contributed by atoms with van der Waals surface area (Å²) < 4.78 is 7.26. The Hall–Kier alpha value is -9.12. The number of rotatable bonds is 5.